The molecule has 0 bridgehead atoms. The third kappa shape index (κ3) is 2.66. The van der Waals surface area contributed by atoms with Crippen molar-refractivity contribution in [2.75, 3.05) is 11.9 Å². The molecule has 1 aliphatic carbocycles. The molecule has 0 radical (unpaired) electrons. The van der Waals surface area contributed by atoms with Gasteiger partial charge in [-0.05, 0) is 30.4 Å². The van der Waals surface area contributed by atoms with Crippen LogP contribution in [0, 0.1) is 5.92 Å². The van der Waals surface area contributed by atoms with Gasteiger partial charge in [-0.2, -0.15) is 9.97 Å². The molecule has 0 aliphatic heterocycles. The van der Waals surface area contributed by atoms with Crippen LogP contribution >= 0.6 is 11.6 Å². The van der Waals surface area contributed by atoms with Crippen LogP contribution in [0.5, 0.6) is 0 Å². The first-order valence-electron chi connectivity index (χ1n) is 6.82. The second-order valence-corrected chi connectivity index (χ2v) is 5.59. The van der Waals surface area contributed by atoms with Crippen LogP contribution in [0.1, 0.15) is 32.1 Å². The third-order valence-electron chi connectivity index (χ3n) is 3.82. The lowest BCUT2D eigenvalue weighted by Gasteiger charge is -2.21. The number of rotatable bonds is 3. The number of halogens is 1. The molecule has 2 heterocycles. The lowest BCUT2D eigenvalue weighted by molar-refractivity contribution is 0.373. The Labute approximate surface area is 117 Å². The van der Waals surface area contributed by atoms with Crippen molar-refractivity contribution < 1.29 is 0 Å². The number of aryl methyl sites for hydroxylation is 1. The predicted molar refractivity (Wildman–Crippen MR) is 76.4 cm³/mol. The van der Waals surface area contributed by atoms with Gasteiger partial charge in [0.05, 0.1) is 6.33 Å². The van der Waals surface area contributed by atoms with E-state index in [9.17, 15) is 0 Å². The van der Waals surface area contributed by atoms with Crippen molar-refractivity contribution in [3.8, 4) is 0 Å². The molecule has 5 nitrogen and oxygen atoms in total. The van der Waals surface area contributed by atoms with Gasteiger partial charge < -0.3 is 9.88 Å². The van der Waals surface area contributed by atoms with Gasteiger partial charge in [0.2, 0.25) is 5.28 Å². The average Bonchev–Trinajstić information content (AvgIpc) is 2.79. The van der Waals surface area contributed by atoms with E-state index >= 15 is 0 Å². The minimum absolute atomic E-state index is 0.266. The van der Waals surface area contributed by atoms with Gasteiger partial charge in [-0.25, -0.2) is 4.98 Å². The lowest BCUT2D eigenvalue weighted by atomic mass is 9.89. The average molecular weight is 280 g/mol. The quantitative estimate of drug-likeness (QED) is 0.878. The monoisotopic (exact) mass is 279 g/mol. The van der Waals surface area contributed by atoms with E-state index in [-0.39, 0.29) is 5.28 Å². The highest BCUT2D eigenvalue weighted by atomic mass is 35.5. The highest BCUT2D eigenvalue weighted by molar-refractivity contribution is 6.28. The van der Waals surface area contributed by atoms with Crippen molar-refractivity contribution in [3.63, 3.8) is 0 Å². The van der Waals surface area contributed by atoms with Crippen LogP contribution in [0.15, 0.2) is 6.33 Å². The molecule has 0 amide bonds. The third-order valence-corrected chi connectivity index (χ3v) is 3.98. The van der Waals surface area contributed by atoms with Crippen LogP contribution < -0.4 is 5.32 Å². The summed E-state index contributed by atoms with van der Waals surface area (Å²) in [5.41, 5.74) is 1.56. The maximum Gasteiger partial charge on any atom is 0.226 e. The molecule has 6 heteroatoms. The maximum absolute atomic E-state index is 5.97. The van der Waals surface area contributed by atoms with Gasteiger partial charge in [-0.15, -0.1) is 0 Å². The topological polar surface area (TPSA) is 55.6 Å². The van der Waals surface area contributed by atoms with Gasteiger partial charge in [0.25, 0.3) is 0 Å². The SMILES string of the molecule is Cn1cnc2c(NCC3CCCCC3)nc(Cl)nc21. The summed E-state index contributed by atoms with van der Waals surface area (Å²) in [6.45, 7) is 0.943. The molecular weight excluding hydrogens is 262 g/mol. The van der Waals surface area contributed by atoms with Crippen LogP contribution in [0.25, 0.3) is 11.2 Å². The number of nitrogens with one attached hydrogen (secondary N) is 1. The molecule has 0 aromatic carbocycles. The highest BCUT2D eigenvalue weighted by Gasteiger charge is 2.15. The molecule has 0 saturated heterocycles. The Kier molecular flexibility index (Phi) is 3.55. The fraction of sp³-hybridized carbons (Fsp3) is 0.615. The molecule has 1 aliphatic rings. The molecule has 0 unspecified atom stereocenters. The Bertz CT molecular complexity index is 574. The minimum Gasteiger partial charge on any atom is -0.368 e. The van der Waals surface area contributed by atoms with E-state index in [1.807, 2.05) is 11.6 Å². The summed E-state index contributed by atoms with van der Waals surface area (Å²) in [5.74, 6) is 1.49. The first-order valence-corrected chi connectivity index (χ1v) is 7.20. The van der Waals surface area contributed by atoms with Gasteiger partial charge in [-0.1, -0.05) is 19.3 Å². The van der Waals surface area contributed by atoms with Crippen LogP contribution in [0.3, 0.4) is 0 Å². The Morgan fingerprint density at radius 1 is 1.32 bits per heavy atom. The van der Waals surface area contributed by atoms with Crippen LogP contribution in [0.4, 0.5) is 5.82 Å². The van der Waals surface area contributed by atoms with Crippen molar-refractivity contribution in [1.82, 2.24) is 19.5 Å². The molecular formula is C13H18ClN5. The molecule has 1 saturated carbocycles. The number of hydrogen-bond donors (Lipinski definition) is 1. The summed E-state index contributed by atoms with van der Waals surface area (Å²) >= 11 is 5.97. The van der Waals surface area contributed by atoms with Crippen LogP contribution in [-0.2, 0) is 7.05 Å². The Morgan fingerprint density at radius 2 is 2.11 bits per heavy atom. The van der Waals surface area contributed by atoms with Crippen molar-refractivity contribution >= 4 is 28.6 Å². The van der Waals surface area contributed by atoms with Crippen molar-refractivity contribution in [2.24, 2.45) is 13.0 Å². The van der Waals surface area contributed by atoms with E-state index in [1.165, 1.54) is 32.1 Å². The summed E-state index contributed by atoms with van der Waals surface area (Å²) < 4.78 is 1.86. The van der Waals surface area contributed by atoms with E-state index in [4.69, 9.17) is 11.6 Å². The van der Waals surface area contributed by atoms with E-state index in [2.05, 4.69) is 20.3 Å². The fourth-order valence-electron chi connectivity index (χ4n) is 2.74. The van der Waals surface area contributed by atoms with Crippen molar-refractivity contribution in [1.29, 1.82) is 0 Å². The van der Waals surface area contributed by atoms with Gasteiger partial charge in [0, 0.05) is 13.6 Å². The number of nitrogens with zero attached hydrogens (tertiary/aromatic N) is 4. The summed E-state index contributed by atoms with van der Waals surface area (Å²) in [6.07, 6.45) is 8.40. The summed E-state index contributed by atoms with van der Waals surface area (Å²) in [4.78, 5) is 12.8. The number of anilines is 1. The molecule has 1 N–H and O–H groups in total. The van der Waals surface area contributed by atoms with Gasteiger partial charge >= 0.3 is 0 Å². The molecule has 102 valence electrons. The first-order chi connectivity index (χ1) is 9.24. The highest BCUT2D eigenvalue weighted by Crippen LogP contribution is 2.25. The van der Waals surface area contributed by atoms with Gasteiger partial charge in [-0.3, -0.25) is 0 Å². The Morgan fingerprint density at radius 3 is 2.89 bits per heavy atom. The first kappa shape index (κ1) is 12.7. The predicted octanol–water partition coefficient (Wildman–Crippen LogP) is 3.01. The van der Waals surface area contributed by atoms with Crippen LogP contribution in [-0.4, -0.2) is 26.1 Å². The van der Waals surface area contributed by atoms with E-state index in [0.717, 1.165) is 29.4 Å². The normalized spacial score (nSPS) is 16.9. The second kappa shape index (κ2) is 5.33. The summed E-state index contributed by atoms with van der Waals surface area (Å²) in [7, 11) is 1.91. The molecule has 19 heavy (non-hydrogen) atoms. The molecule has 0 atom stereocenters. The molecule has 2 aromatic rings. The number of aromatic nitrogens is 4. The molecule has 2 aromatic heterocycles. The molecule has 3 rings (SSSR count). The standard InChI is InChI=1S/C13H18ClN5/c1-19-8-16-10-11(17-13(14)18-12(10)19)15-7-9-5-3-2-4-6-9/h8-9H,2-7H2,1H3,(H,15,17,18). The van der Waals surface area contributed by atoms with E-state index in [1.54, 1.807) is 6.33 Å². The summed E-state index contributed by atoms with van der Waals surface area (Å²) in [6, 6.07) is 0. The largest absolute Gasteiger partial charge is 0.368 e. The maximum atomic E-state index is 5.97. The zero-order valence-electron chi connectivity index (χ0n) is 11.1. The lowest BCUT2D eigenvalue weighted by Crippen LogP contribution is -2.18. The molecule has 1 fully saturated rings. The van der Waals surface area contributed by atoms with Gasteiger partial charge in [0.15, 0.2) is 17.0 Å². The number of fused-ring (bicyclic) bond motifs is 1. The fourth-order valence-corrected chi connectivity index (χ4v) is 2.90. The zero-order valence-corrected chi connectivity index (χ0v) is 11.8. The zero-order chi connectivity index (χ0) is 13.2. The Hall–Kier alpha value is -1.36. The van der Waals surface area contributed by atoms with E-state index in [0.29, 0.717) is 0 Å². The summed E-state index contributed by atoms with van der Waals surface area (Å²) in [5, 5.41) is 3.67. The second-order valence-electron chi connectivity index (χ2n) is 5.25. The number of hydrogen-bond acceptors (Lipinski definition) is 4. The number of imidazole rings is 1. The smallest absolute Gasteiger partial charge is 0.226 e. The minimum atomic E-state index is 0.266. The molecule has 0 spiro atoms. The van der Waals surface area contributed by atoms with Crippen LogP contribution in [0.2, 0.25) is 5.28 Å². The van der Waals surface area contributed by atoms with Crippen molar-refractivity contribution in [3.05, 3.63) is 11.6 Å². The van der Waals surface area contributed by atoms with Gasteiger partial charge in [0.1, 0.15) is 0 Å². The van der Waals surface area contributed by atoms with E-state index < -0.39 is 0 Å². The van der Waals surface area contributed by atoms with Crippen molar-refractivity contribution in [2.45, 2.75) is 32.1 Å². The Balaban J connectivity index is 1.79.